The van der Waals surface area contributed by atoms with E-state index in [1.165, 1.54) is 50.6 Å². The van der Waals surface area contributed by atoms with Gasteiger partial charge in [-0.15, -0.1) is 0 Å². The van der Waals surface area contributed by atoms with Crippen molar-refractivity contribution in [2.75, 3.05) is 13.1 Å². The molecule has 0 aromatic carbocycles. The third kappa shape index (κ3) is 4.31. The predicted molar refractivity (Wildman–Crippen MR) is 85.9 cm³/mol. The highest BCUT2D eigenvalue weighted by molar-refractivity contribution is 5.17. The number of nitrogens with one attached hydrogen (secondary N) is 1. The van der Waals surface area contributed by atoms with Crippen molar-refractivity contribution in [2.24, 2.45) is 11.8 Å². The van der Waals surface area contributed by atoms with E-state index in [0.29, 0.717) is 5.92 Å². The molecule has 0 spiro atoms. The van der Waals surface area contributed by atoms with E-state index in [4.69, 9.17) is 0 Å². The fraction of sp³-hybridized carbons (Fsp3) is 0.722. The Labute approximate surface area is 124 Å². The first-order valence-corrected chi connectivity index (χ1v) is 8.45. The van der Waals surface area contributed by atoms with Crippen LogP contribution in [0.5, 0.6) is 0 Å². The molecule has 1 aliphatic rings. The smallest absolute Gasteiger partial charge is 0.0302 e. The van der Waals surface area contributed by atoms with Crippen LogP contribution in [0.25, 0.3) is 0 Å². The summed E-state index contributed by atoms with van der Waals surface area (Å²) in [6.45, 7) is 6.87. The van der Waals surface area contributed by atoms with Crippen LogP contribution in [0.4, 0.5) is 0 Å². The van der Waals surface area contributed by atoms with Gasteiger partial charge in [0.15, 0.2) is 0 Å². The van der Waals surface area contributed by atoms with Crippen molar-refractivity contribution in [1.82, 2.24) is 10.3 Å². The van der Waals surface area contributed by atoms with E-state index < -0.39 is 0 Å². The highest BCUT2D eigenvalue weighted by atomic mass is 14.9. The maximum Gasteiger partial charge on any atom is 0.0302 e. The molecule has 2 heteroatoms. The van der Waals surface area contributed by atoms with Crippen LogP contribution in [0.1, 0.15) is 63.9 Å². The Hall–Kier alpha value is -0.890. The molecule has 3 unspecified atom stereocenters. The molecule has 0 aliphatic heterocycles. The van der Waals surface area contributed by atoms with Gasteiger partial charge in [-0.2, -0.15) is 0 Å². The molecule has 3 atom stereocenters. The Morgan fingerprint density at radius 3 is 2.85 bits per heavy atom. The Kier molecular flexibility index (Phi) is 6.52. The summed E-state index contributed by atoms with van der Waals surface area (Å²) in [5.41, 5.74) is 1.46. The predicted octanol–water partition coefficient (Wildman–Crippen LogP) is 4.38. The van der Waals surface area contributed by atoms with Gasteiger partial charge < -0.3 is 5.32 Å². The summed E-state index contributed by atoms with van der Waals surface area (Å²) in [4.78, 5) is 4.34. The molecule has 0 saturated heterocycles. The van der Waals surface area contributed by atoms with Gasteiger partial charge in [0.05, 0.1) is 0 Å². The van der Waals surface area contributed by atoms with Crippen molar-refractivity contribution >= 4 is 0 Å². The number of aromatic nitrogens is 1. The first kappa shape index (κ1) is 15.5. The lowest BCUT2D eigenvalue weighted by Crippen LogP contribution is -2.32. The molecule has 2 rings (SSSR count). The second-order valence-electron chi connectivity index (χ2n) is 6.32. The summed E-state index contributed by atoms with van der Waals surface area (Å²) in [6.07, 6.45) is 12.1. The van der Waals surface area contributed by atoms with E-state index >= 15 is 0 Å². The minimum absolute atomic E-state index is 0.707. The number of pyridine rings is 1. The van der Waals surface area contributed by atoms with Crippen LogP contribution in [-0.4, -0.2) is 18.1 Å². The Bertz CT molecular complexity index is 363. The molecule has 0 bridgehead atoms. The molecule has 20 heavy (non-hydrogen) atoms. The molecule has 1 aliphatic carbocycles. The second-order valence-corrected chi connectivity index (χ2v) is 6.32. The summed E-state index contributed by atoms with van der Waals surface area (Å²) < 4.78 is 0. The van der Waals surface area contributed by atoms with Gasteiger partial charge in [-0.3, -0.25) is 4.98 Å². The summed E-state index contributed by atoms with van der Waals surface area (Å²) in [7, 11) is 0. The number of rotatable bonds is 7. The minimum Gasteiger partial charge on any atom is -0.316 e. The van der Waals surface area contributed by atoms with E-state index in [2.05, 4.69) is 42.5 Å². The number of hydrogen-bond donors (Lipinski definition) is 1. The number of nitrogens with zero attached hydrogens (tertiary/aromatic N) is 1. The van der Waals surface area contributed by atoms with E-state index in [9.17, 15) is 0 Å². The topological polar surface area (TPSA) is 24.9 Å². The van der Waals surface area contributed by atoms with Crippen molar-refractivity contribution in [3.8, 4) is 0 Å². The highest BCUT2D eigenvalue weighted by Gasteiger charge is 2.30. The zero-order chi connectivity index (χ0) is 14.2. The van der Waals surface area contributed by atoms with E-state index in [1.807, 2.05) is 6.20 Å². The van der Waals surface area contributed by atoms with Crippen molar-refractivity contribution in [1.29, 1.82) is 0 Å². The van der Waals surface area contributed by atoms with Crippen molar-refractivity contribution < 1.29 is 0 Å². The van der Waals surface area contributed by atoms with Crippen LogP contribution >= 0.6 is 0 Å². The van der Waals surface area contributed by atoms with Crippen molar-refractivity contribution in [2.45, 2.75) is 58.3 Å². The molecule has 1 N–H and O–H groups in total. The standard InChI is InChI=1S/C18H30N2/c1-3-6-15-8-9-17(14-19-10-4-2)18(12-15)16-7-5-11-20-13-16/h5,7,11,13,15,17-19H,3-4,6,8-10,12,14H2,1-2H3. The third-order valence-corrected chi connectivity index (χ3v) is 4.74. The molecule has 0 radical (unpaired) electrons. The van der Waals surface area contributed by atoms with Crippen LogP contribution in [-0.2, 0) is 0 Å². The average molecular weight is 274 g/mol. The first-order chi connectivity index (χ1) is 9.85. The molecule has 2 nitrogen and oxygen atoms in total. The molecular weight excluding hydrogens is 244 g/mol. The minimum atomic E-state index is 0.707. The summed E-state index contributed by atoms with van der Waals surface area (Å²) >= 11 is 0. The summed E-state index contributed by atoms with van der Waals surface area (Å²) in [5.74, 6) is 2.42. The fourth-order valence-electron chi connectivity index (χ4n) is 3.70. The number of hydrogen-bond acceptors (Lipinski definition) is 2. The fourth-order valence-corrected chi connectivity index (χ4v) is 3.70. The van der Waals surface area contributed by atoms with Gasteiger partial charge in [0.25, 0.3) is 0 Å². The SMILES string of the molecule is CCCNCC1CCC(CCC)CC1c1cccnc1. The summed E-state index contributed by atoms with van der Waals surface area (Å²) in [5, 5.41) is 3.63. The first-order valence-electron chi connectivity index (χ1n) is 8.45. The van der Waals surface area contributed by atoms with Gasteiger partial charge in [-0.25, -0.2) is 0 Å². The lowest BCUT2D eigenvalue weighted by atomic mass is 9.70. The van der Waals surface area contributed by atoms with E-state index in [1.54, 1.807) is 0 Å². The maximum atomic E-state index is 4.34. The lowest BCUT2D eigenvalue weighted by Gasteiger charge is -2.36. The maximum absolute atomic E-state index is 4.34. The van der Waals surface area contributed by atoms with Gasteiger partial charge in [-0.1, -0.05) is 39.2 Å². The molecule has 1 fully saturated rings. The average Bonchev–Trinajstić information content (AvgIpc) is 2.50. The molecule has 112 valence electrons. The molecule has 0 amide bonds. The van der Waals surface area contributed by atoms with Crippen LogP contribution in [0.15, 0.2) is 24.5 Å². The van der Waals surface area contributed by atoms with Gasteiger partial charge in [0.2, 0.25) is 0 Å². The molecule has 1 aromatic rings. The molecular formula is C18H30N2. The summed E-state index contributed by atoms with van der Waals surface area (Å²) in [6, 6.07) is 4.37. The Morgan fingerprint density at radius 1 is 1.25 bits per heavy atom. The normalized spacial score (nSPS) is 26.6. The van der Waals surface area contributed by atoms with Crippen molar-refractivity contribution in [3.05, 3.63) is 30.1 Å². The quantitative estimate of drug-likeness (QED) is 0.746. The van der Waals surface area contributed by atoms with Gasteiger partial charge >= 0.3 is 0 Å². The van der Waals surface area contributed by atoms with Gasteiger partial charge in [0.1, 0.15) is 0 Å². The Balaban J connectivity index is 2.02. The molecule has 1 heterocycles. The van der Waals surface area contributed by atoms with E-state index in [0.717, 1.165) is 18.4 Å². The molecule has 1 aromatic heterocycles. The molecule has 1 saturated carbocycles. The van der Waals surface area contributed by atoms with Gasteiger partial charge in [0, 0.05) is 12.4 Å². The van der Waals surface area contributed by atoms with Crippen LogP contribution in [0, 0.1) is 11.8 Å². The van der Waals surface area contributed by atoms with Crippen LogP contribution in [0.2, 0.25) is 0 Å². The highest BCUT2D eigenvalue weighted by Crippen LogP contribution is 2.41. The zero-order valence-electron chi connectivity index (χ0n) is 13.1. The monoisotopic (exact) mass is 274 g/mol. The third-order valence-electron chi connectivity index (χ3n) is 4.74. The van der Waals surface area contributed by atoms with Crippen LogP contribution < -0.4 is 5.32 Å². The second kappa shape index (κ2) is 8.41. The van der Waals surface area contributed by atoms with Gasteiger partial charge in [-0.05, 0) is 61.7 Å². The largest absolute Gasteiger partial charge is 0.316 e. The lowest BCUT2D eigenvalue weighted by molar-refractivity contribution is 0.220. The zero-order valence-corrected chi connectivity index (χ0v) is 13.1. The van der Waals surface area contributed by atoms with E-state index in [-0.39, 0.29) is 0 Å². The van der Waals surface area contributed by atoms with Crippen molar-refractivity contribution in [3.63, 3.8) is 0 Å². The van der Waals surface area contributed by atoms with Crippen LogP contribution in [0.3, 0.4) is 0 Å². The Morgan fingerprint density at radius 2 is 2.15 bits per heavy atom.